The average Bonchev–Trinajstić information content (AvgIpc) is 2.24. The molecule has 0 aromatic carbocycles. The zero-order valence-electron chi connectivity index (χ0n) is 10.2. The van der Waals surface area contributed by atoms with Crippen molar-refractivity contribution in [1.82, 2.24) is 4.90 Å². The van der Waals surface area contributed by atoms with Crippen molar-refractivity contribution in [3.63, 3.8) is 0 Å². The number of ether oxygens (including phenoxy) is 2. The lowest BCUT2D eigenvalue weighted by Crippen LogP contribution is -2.52. The summed E-state index contributed by atoms with van der Waals surface area (Å²) in [4.78, 5) is 13.8. The Kier molecular flexibility index (Phi) is 3.50. The maximum absolute atomic E-state index is 11.4. The Morgan fingerprint density at radius 2 is 2.06 bits per heavy atom. The van der Waals surface area contributed by atoms with Crippen molar-refractivity contribution in [2.24, 2.45) is 11.3 Å². The number of piperidine rings is 1. The SMILES string of the molecule is COC(=O)CC1(C2CCN(C)CC2)COC1. The van der Waals surface area contributed by atoms with Crippen LogP contribution in [0.5, 0.6) is 0 Å². The molecule has 92 valence electrons. The van der Waals surface area contributed by atoms with Gasteiger partial charge in [-0.3, -0.25) is 4.79 Å². The summed E-state index contributed by atoms with van der Waals surface area (Å²) in [7, 11) is 3.62. The highest BCUT2D eigenvalue weighted by Crippen LogP contribution is 2.44. The fraction of sp³-hybridized carbons (Fsp3) is 0.917. The highest BCUT2D eigenvalue weighted by molar-refractivity contribution is 5.70. The van der Waals surface area contributed by atoms with Gasteiger partial charge in [0.1, 0.15) is 0 Å². The van der Waals surface area contributed by atoms with E-state index in [4.69, 9.17) is 9.47 Å². The van der Waals surface area contributed by atoms with Crippen molar-refractivity contribution < 1.29 is 14.3 Å². The van der Waals surface area contributed by atoms with E-state index in [0.717, 1.165) is 26.3 Å². The van der Waals surface area contributed by atoms with Crippen LogP contribution < -0.4 is 0 Å². The molecule has 2 heterocycles. The second kappa shape index (κ2) is 4.72. The van der Waals surface area contributed by atoms with Gasteiger partial charge >= 0.3 is 5.97 Å². The molecule has 0 aliphatic carbocycles. The smallest absolute Gasteiger partial charge is 0.306 e. The van der Waals surface area contributed by atoms with Crippen LogP contribution in [0.4, 0.5) is 0 Å². The lowest BCUT2D eigenvalue weighted by Gasteiger charge is -2.49. The normalized spacial score (nSPS) is 26.1. The minimum atomic E-state index is -0.0952. The number of likely N-dealkylation sites (tertiary alicyclic amines) is 1. The van der Waals surface area contributed by atoms with Gasteiger partial charge < -0.3 is 14.4 Å². The number of esters is 1. The molecule has 4 heteroatoms. The molecule has 0 N–H and O–H groups in total. The highest BCUT2D eigenvalue weighted by Gasteiger charge is 2.47. The molecule has 0 bridgehead atoms. The molecule has 2 saturated heterocycles. The Morgan fingerprint density at radius 3 is 2.50 bits per heavy atom. The molecule has 0 radical (unpaired) electrons. The van der Waals surface area contributed by atoms with Crippen molar-refractivity contribution in [1.29, 1.82) is 0 Å². The van der Waals surface area contributed by atoms with Crippen molar-refractivity contribution >= 4 is 5.97 Å². The fourth-order valence-corrected chi connectivity index (χ4v) is 2.83. The van der Waals surface area contributed by atoms with E-state index in [0.29, 0.717) is 12.3 Å². The Hall–Kier alpha value is -0.610. The minimum Gasteiger partial charge on any atom is -0.469 e. The minimum absolute atomic E-state index is 0.0777. The second-order valence-corrected chi connectivity index (χ2v) is 5.19. The number of nitrogens with zero attached hydrogens (tertiary/aromatic N) is 1. The maximum Gasteiger partial charge on any atom is 0.306 e. The standard InChI is InChI=1S/C12H21NO3/c1-13-5-3-10(4-6-13)12(8-16-9-12)7-11(14)15-2/h10H,3-9H2,1-2H3. The van der Waals surface area contributed by atoms with Crippen molar-refractivity contribution in [2.75, 3.05) is 40.5 Å². The highest BCUT2D eigenvalue weighted by atomic mass is 16.5. The van der Waals surface area contributed by atoms with E-state index in [2.05, 4.69) is 11.9 Å². The Bertz CT molecular complexity index is 255. The van der Waals surface area contributed by atoms with Crippen LogP contribution in [0, 0.1) is 11.3 Å². The summed E-state index contributed by atoms with van der Waals surface area (Å²) in [5.74, 6) is 0.527. The summed E-state index contributed by atoms with van der Waals surface area (Å²) in [6.45, 7) is 3.73. The molecule has 0 unspecified atom stereocenters. The monoisotopic (exact) mass is 227 g/mol. The van der Waals surface area contributed by atoms with E-state index in [1.54, 1.807) is 0 Å². The number of carbonyl (C=O) groups is 1. The first-order chi connectivity index (χ1) is 7.66. The molecule has 0 aromatic rings. The van der Waals surface area contributed by atoms with Crippen LogP contribution in [-0.4, -0.2) is 51.3 Å². The van der Waals surface area contributed by atoms with Gasteiger partial charge in [-0.2, -0.15) is 0 Å². The van der Waals surface area contributed by atoms with Crippen LogP contribution >= 0.6 is 0 Å². The zero-order valence-corrected chi connectivity index (χ0v) is 10.2. The number of hydrogen-bond acceptors (Lipinski definition) is 4. The third kappa shape index (κ3) is 2.23. The van der Waals surface area contributed by atoms with E-state index in [1.807, 2.05) is 0 Å². The Labute approximate surface area is 96.9 Å². The molecule has 0 atom stereocenters. The van der Waals surface area contributed by atoms with Gasteiger partial charge in [-0.25, -0.2) is 0 Å². The molecule has 0 amide bonds. The van der Waals surface area contributed by atoms with Gasteiger partial charge in [0.25, 0.3) is 0 Å². The molecule has 2 aliphatic rings. The van der Waals surface area contributed by atoms with E-state index in [9.17, 15) is 4.79 Å². The molecule has 2 aliphatic heterocycles. The van der Waals surface area contributed by atoms with Crippen LogP contribution in [0.25, 0.3) is 0 Å². The zero-order chi connectivity index (χ0) is 11.6. The van der Waals surface area contributed by atoms with Crippen molar-refractivity contribution in [2.45, 2.75) is 19.3 Å². The summed E-state index contributed by atoms with van der Waals surface area (Å²) in [6, 6.07) is 0. The van der Waals surface area contributed by atoms with E-state index in [-0.39, 0.29) is 11.4 Å². The van der Waals surface area contributed by atoms with Gasteiger partial charge in [0.05, 0.1) is 26.7 Å². The molecule has 0 spiro atoms. The van der Waals surface area contributed by atoms with Crippen LogP contribution in [0.2, 0.25) is 0 Å². The largest absolute Gasteiger partial charge is 0.469 e. The summed E-state index contributed by atoms with van der Waals surface area (Å²) < 4.78 is 10.1. The molecule has 0 aromatic heterocycles. The lowest BCUT2D eigenvalue weighted by molar-refractivity contribution is -0.177. The molecule has 4 nitrogen and oxygen atoms in total. The van der Waals surface area contributed by atoms with Crippen molar-refractivity contribution in [3.8, 4) is 0 Å². The number of hydrogen-bond donors (Lipinski definition) is 0. The van der Waals surface area contributed by atoms with E-state index in [1.165, 1.54) is 20.0 Å². The number of carbonyl (C=O) groups excluding carboxylic acids is 1. The van der Waals surface area contributed by atoms with Gasteiger partial charge in [0.15, 0.2) is 0 Å². The molecular formula is C12H21NO3. The first kappa shape index (κ1) is 11.9. The fourth-order valence-electron chi connectivity index (χ4n) is 2.83. The lowest BCUT2D eigenvalue weighted by atomic mass is 9.67. The predicted octanol–water partition coefficient (Wildman–Crippen LogP) is 0.908. The molecule has 2 fully saturated rings. The topological polar surface area (TPSA) is 38.8 Å². The van der Waals surface area contributed by atoms with Gasteiger partial charge in [-0.1, -0.05) is 0 Å². The molecule has 0 saturated carbocycles. The average molecular weight is 227 g/mol. The predicted molar refractivity (Wildman–Crippen MR) is 60.1 cm³/mol. The quantitative estimate of drug-likeness (QED) is 0.672. The summed E-state index contributed by atoms with van der Waals surface area (Å²) in [5.41, 5.74) is 0.0777. The van der Waals surface area contributed by atoms with Gasteiger partial charge in [-0.05, 0) is 38.9 Å². The molecule has 16 heavy (non-hydrogen) atoms. The summed E-state index contributed by atoms with van der Waals surface area (Å²) in [6.07, 6.45) is 2.88. The number of methoxy groups -OCH3 is 1. The van der Waals surface area contributed by atoms with Gasteiger partial charge in [0, 0.05) is 5.41 Å². The van der Waals surface area contributed by atoms with Gasteiger partial charge in [0.2, 0.25) is 0 Å². The Morgan fingerprint density at radius 1 is 1.44 bits per heavy atom. The van der Waals surface area contributed by atoms with E-state index >= 15 is 0 Å². The molecule has 2 rings (SSSR count). The Balaban J connectivity index is 1.95. The molecular weight excluding hydrogens is 206 g/mol. The first-order valence-corrected chi connectivity index (χ1v) is 5.99. The van der Waals surface area contributed by atoms with Crippen LogP contribution in [-0.2, 0) is 14.3 Å². The van der Waals surface area contributed by atoms with Gasteiger partial charge in [-0.15, -0.1) is 0 Å². The van der Waals surface area contributed by atoms with Crippen molar-refractivity contribution in [3.05, 3.63) is 0 Å². The third-order valence-electron chi connectivity index (χ3n) is 4.09. The van der Waals surface area contributed by atoms with E-state index < -0.39 is 0 Å². The summed E-state index contributed by atoms with van der Waals surface area (Å²) >= 11 is 0. The maximum atomic E-state index is 11.4. The summed E-state index contributed by atoms with van der Waals surface area (Å²) in [5, 5.41) is 0. The third-order valence-corrected chi connectivity index (χ3v) is 4.09. The van der Waals surface area contributed by atoms with Crippen LogP contribution in [0.1, 0.15) is 19.3 Å². The van der Waals surface area contributed by atoms with Crippen LogP contribution in [0.15, 0.2) is 0 Å². The second-order valence-electron chi connectivity index (χ2n) is 5.19. The number of rotatable bonds is 3. The van der Waals surface area contributed by atoms with Crippen LogP contribution in [0.3, 0.4) is 0 Å². The first-order valence-electron chi connectivity index (χ1n) is 5.99.